The lowest BCUT2D eigenvalue weighted by Gasteiger charge is -2.10. The Labute approximate surface area is 81.6 Å². The predicted octanol–water partition coefficient (Wildman–Crippen LogP) is 2.17. The summed E-state index contributed by atoms with van der Waals surface area (Å²) in [6.07, 6.45) is -3.71. The molecule has 1 rings (SSSR count). The Morgan fingerprint density at radius 1 is 1.57 bits per heavy atom. The van der Waals surface area contributed by atoms with Crippen LogP contribution >= 0.6 is 11.8 Å². The van der Waals surface area contributed by atoms with E-state index < -0.39 is 22.8 Å². The van der Waals surface area contributed by atoms with E-state index in [9.17, 15) is 18.0 Å². The van der Waals surface area contributed by atoms with E-state index in [2.05, 4.69) is 9.47 Å². The van der Waals surface area contributed by atoms with Gasteiger partial charge in [-0.25, -0.2) is 4.79 Å². The van der Waals surface area contributed by atoms with Crippen molar-refractivity contribution in [3.05, 3.63) is 22.3 Å². The van der Waals surface area contributed by atoms with Crippen LogP contribution in [-0.4, -0.2) is 19.3 Å². The molecular weight excluding hydrogens is 221 g/mol. The molecule has 14 heavy (non-hydrogen) atoms. The van der Waals surface area contributed by atoms with Gasteiger partial charge in [0.15, 0.2) is 10.7 Å². The largest absolute Gasteiger partial charge is 0.465 e. The third-order valence-electron chi connectivity index (χ3n) is 1.28. The zero-order valence-electron chi connectivity index (χ0n) is 6.92. The number of rotatable bonds is 1. The van der Waals surface area contributed by atoms with E-state index in [0.717, 1.165) is 13.4 Å². The maximum Gasteiger partial charge on any atom is 0.427 e. The lowest BCUT2D eigenvalue weighted by Crippen LogP contribution is -2.22. The van der Waals surface area contributed by atoms with E-state index in [1.807, 2.05) is 0 Å². The zero-order valence-corrected chi connectivity index (χ0v) is 7.74. The molecule has 0 fully saturated rings. The molecule has 0 aromatic rings. The normalized spacial score (nSPS) is 19.1. The first-order chi connectivity index (χ1) is 6.46. The topological polar surface area (TPSA) is 35.5 Å². The standard InChI is InChI=1S/C7H5F3O3S/c1-12-5(11)4(7(8,9)10)6-13-2-3-14-6/h2-3H,1H3. The van der Waals surface area contributed by atoms with Gasteiger partial charge in [-0.2, -0.15) is 13.2 Å². The Morgan fingerprint density at radius 2 is 2.21 bits per heavy atom. The molecule has 0 aromatic heterocycles. The summed E-state index contributed by atoms with van der Waals surface area (Å²) >= 11 is 0.677. The average Bonchev–Trinajstić information content (AvgIpc) is 2.54. The quantitative estimate of drug-likeness (QED) is 0.507. The first-order valence-corrected chi connectivity index (χ1v) is 4.23. The van der Waals surface area contributed by atoms with Crippen molar-refractivity contribution < 1.29 is 27.4 Å². The van der Waals surface area contributed by atoms with Crippen molar-refractivity contribution in [2.75, 3.05) is 7.11 Å². The van der Waals surface area contributed by atoms with Gasteiger partial charge in [0.2, 0.25) is 0 Å². The number of alkyl halides is 3. The van der Waals surface area contributed by atoms with Gasteiger partial charge in [0.25, 0.3) is 0 Å². The molecular formula is C7H5F3O3S. The molecule has 1 heterocycles. The number of carbonyl (C=O) groups excluding carboxylic acids is 1. The number of ether oxygens (including phenoxy) is 2. The van der Waals surface area contributed by atoms with E-state index >= 15 is 0 Å². The van der Waals surface area contributed by atoms with E-state index in [1.54, 1.807) is 0 Å². The van der Waals surface area contributed by atoms with Gasteiger partial charge >= 0.3 is 12.1 Å². The van der Waals surface area contributed by atoms with Crippen LogP contribution in [0.25, 0.3) is 0 Å². The van der Waals surface area contributed by atoms with E-state index in [4.69, 9.17) is 0 Å². The summed E-state index contributed by atoms with van der Waals surface area (Å²) in [6, 6.07) is 0. The molecule has 0 unspecified atom stereocenters. The van der Waals surface area contributed by atoms with Crippen LogP contribution in [0.1, 0.15) is 0 Å². The molecule has 0 aromatic carbocycles. The van der Waals surface area contributed by atoms with Crippen LogP contribution in [0.3, 0.4) is 0 Å². The van der Waals surface area contributed by atoms with Crippen LogP contribution in [-0.2, 0) is 14.3 Å². The second kappa shape index (κ2) is 3.95. The minimum atomic E-state index is -4.78. The summed E-state index contributed by atoms with van der Waals surface area (Å²) in [7, 11) is 0.877. The Kier molecular flexibility index (Phi) is 3.10. The Balaban J connectivity index is 3.05. The first kappa shape index (κ1) is 11.0. The molecule has 0 atom stereocenters. The van der Waals surface area contributed by atoms with Gasteiger partial charge < -0.3 is 9.47 Å². The van der Waals surface area contributed by atoms with Gasteiger partial charge in [0, 0.05) is 5.41 Å². The van der Waals surface area contributed by atoms with Gasteiger partial charge in [-0.1, -0.05) is 11.8 Å². The highest BCUT2D eigenvalue weighted by Crippen LogP contribution is 2.37. The van der Waals surface area contributed by atoms with Crippen molar-refractivity contribution >= 4 is 17.7 Å². The fourth-order valence-electron chi connectivity index (χ4n) is 0.742. The highest BCUT2D eigenvalue weighted by atomic mass is 32.2. The van der Waals surface area contributed by atoms with Crippen LogP contribution in [0.15, 0.2) is 22.3 Å². The molecule has 1 aliphatic heterocycles. The number of hydrogen-bond donors (Lipinski definition) is 0. The van der Waals surface area contributed by atoms with Gasteiger partial charge in [-0.3, -0.25) is 0 Å². The summed E-state index contributed by atoms with van der Waals surface area (Å²) in [4.78, 5) is 10.8. The van der Waals surface area contributed by atoms with Crippen LogP contribution in [0.5, 0.6) is 0 Å². The fraction of sp³-hybridized carbons (Fsp3) is 0.286. The minimum Gasteiger partial charge on any atom is -0.465 e. The maximum atomic E-state index is 12.3. The van der Waals surface area contributed by atoms with Gasteiger partial charge in [-0.15, -0.1) is 0 Å². The highest BCUT2D eigenvalue weighted by molar-refractivity contribution is 8.05. The predicted molar refractivity (Wildman–Crippen MR) is 42.9 cm³/mol. The molecule has 78 valence electrons. The van der Waals surface area contributed by atoms with Crippen molar-refractivity contribution in [2.24, 2.45) is 0 Å². The molecule has 3 nitrogen and oxygen atoms in total. The van der Waals surface area contributed by atoms with E-state index in [1.165, 1.54) is 5.41 Å². The summed E-state index contributed by atoms with van der Waals surface area (Å²) in [5.41, 5.74) is -1.42. The molecule has 1 aliphatic rings. The van der Waals surface area contributed by atoms with Crippen molar-refractivity contribution in [1.29, 1.82) is 0 Å². The van der Waals surface area contributed by atoms with Crippen molar-refractivity contribution in [2.45, 2.75) is 6.18 Å². The molecule has 0 N–H and O–H groups in total. The van der Waals surface area contributed by atoms with Crippen molar-refractivity contribution in [3.8, 4) is 0 Å². The second-order valence-corrected chi connectivity index (χ2v) is 3.04. The molecule has 7 heteroatoms. The van der Waals surface area contributed by atoms with Crippen molar-refractivity contribution in [1.82, 2.24) is 0 Å². The van der Waals surface area contributed by atoms with Gasteiger partial charge in [0.1, 0.15) is 0 Å². The molecule has 0 aliphatic carbocycles. The smallest absolute Gasteiger partial charge is 0.427 e. The first-order valence-electron chi connectivity index (χ1n) is 3.35. The molecule has 0 saturated carbocycles. The summed E-state index contributed by atoms with van der Waals surface area (Å²) < 4.78 is 45.5. The number of hydrogen-bond acceptors (Lipinski definition) is 4. The summed E-state index contributed by atoms with van der Waals surface area (Å²) in [5, 5.41) is 0.786. The summed E-state index contributed by atoms with van der Waals surface area (Å²) in [5.74, 6) is -1.45. The Morgan fingerprint density at radius 3 is 2.57 bits per heavy atom. The average molecular weight is 226 g/mol. The monoisotopic (exact) mass is 226 g/mol. The Hall–Kier alpha value is -1.11. The van der Waals surface area contributed by atoms with E-state index in [-0.39, 0.29) is 0 Å². The van der Waals surface area contributed by atoms with Gasteiger partial charge in [0.05, 0.1) is 13.4 Å². The fourth-order valence-corrected chi connectivity index (χ4v) is 1.40. The minimum absolute atomic E-state index is 0.510. The number of carbonyl (C=O) groups is 1. The molecule has 0 saturated heterocycles. The molecule has 0 bridgehead atoms. The van der Waals surface area contributed by atoms with Crippen LogP contribution in [0.2, 0.25) is 0 Å². The molecule has 0 spiro atoms. The van der Waals surface area contributed by atoms with Crippen LogP contribution in [0.4, 0.5) is 13.2 Å². The maximum absolute atomic E-state index is 12.3. The SMILES string of the molecule is COC(=O)C(=C1OC=CS1)C(F)(F)F. The number of halogens is 3. The van der Waals surface area contributed by atoms with Gasteiger partial charge in [-0.05, 0) is 0 Å². The molecule has 0 radical (unpaired) electrons. The van der Waals surface area contributed by atoms with Crippen LogP contribution in [0, 0.1) is 0 Å². The third-order valence-corrected chi connectivity index (χ3v) is 2.04. The second-order valence-electron chi connectivity index (χ2n) is 2.16. The molecule has 0 amide bonds. The lowest BCUT2D eigenvalue weighted by molar-refractivity contribution is -0.148. The summed E-state index contributed by atoms with van der Waals surface area (Å²) in [6.45, 7) is 0. The number of thioether (sulfide) groups is 1. The highest BCUT2D eigenvalue weighted by Gasteiger charge is 2.44. The number of methoxy groups -OCH3 is 1. The third kappa shape index (κ3) is 2.22. The van der Waals surface area contributed by atoms with Crippen LogP contribution < -0.4 is 0 Å². The van der Waals surface area contributed by atoms with E-state index in [0.29, 0.717) is 11.8 Å². The lowest BCUT2D eigenvalue weighted by atomic mass is 10.3. The van der Waals surface area contributed by atoms with Crippen molar-refractivity contribution in [3.63, 3.8) is 0 Å². The number of esters is 1. The Bertz CT molecular complexity index is 296. The zero-order chi connectivity index (χ0) is 10.8.